The first-order chi connectivity index (χ1) is 72.3. The monoisotopic (exact) mass is 1870 g/mol. The van der Waals surface area contributed by atoms with Gasteiger partial charge in [-0.25, -0.2) is 79.7 Å². The highest BCUT2D eigenvalue weighted by molar-refractivity contribution is 6.15. The average Bonchev–Trinajstić information content (AvgIpc) is 0.747. The van der Waals surface area contributed by atoms with Crippen molar-refractivity contribution in [2.24, 2.45) is 0 Å². The van der Waals surface area contributed by atoms with Crippen molar-refractivity contribution < 1.29 is 0 Å². The van der Waals surface area contributed by atoms with Gasteiger partial charge in [0.25, 0.3) is 0 Å². The van der Waals surface area contributed by atoms with Gasteiger partial charge in [0.05, 0.1) is 50.0 Å². The molecule has 0 N–H and O–H groups in total. The van der Waals surface area contributed by atoms with E-state index in [4.69, 9.17) is 29.9 Å². The minimum absolute atomic E-state index is 0.577. The molecule has 0 unspecified atom stereocenters. The molecule has 0 aliphatic carbocycles. The lowest BCUT2D eigenvalue weighted by Crippen LogP contribution is -1.97. The minimum atomic E-state index is 0.577. The van der Waals surface area contributed by atoms with Crippen molar-refractivity contribution in [2.75, 3.05) is 0 Å². The van der Waals surface area contributed by atoms with Crippen LogP contribution in [0.1, 0.15) is 0 Å². The predicted octanol–water partition coefficient (Wildman–Crippen LogP) is 26.7. The summed E-state index contributed by atoms with van der Waals surface area (Å²) in [6.07, 6.45) is 26.2. The molecule has 0 bridgehead atoms. The molecule has 678 valence electrons. The smallest absolute Gasteiger partial charge is 0.164 e. The Kier molecular flexibility index (Phi) is 20.8. The molecule has 14 heterocycles. The third kappa shape index (κ3) is 15.8. The summed E-state index contributed by atoms with van der Waals surface area (Å²) in [6, 6.07) is 113. The Balaban J connectivity index is 0.000000109. The number of aromatic nitrogens is 24. The number of nitrogens with zero attached hydrogens (tertiary/aromatic N) is 24. The van der Waals surface area contributed by atoms with Gasteiger partial charge in [0.15, 0.2) is 58.2 Å². The van der Waals surface area contributed by atoms with E-state index in [1.54, 1.807) is 62.5 Å². The number of fused-ring (bicyclic) bond motifs is 19. The quantitative estimate of drug-likeness (QED) is 0.103. The lowest BCUT2D eigenvalue weighted by molar-refractivity contribution is 1.06. The van der Waals surface area contributed by atoms with E-state index >= 15 is 0 Å². The molecule has 14 aromatic heterocycles. The number of pyridine rings is 8. The Morgan fingerprint density at radius 1 is 0.137 bits per heavy atom. The Labute approximate surface area is 829 Å². The normalized spacial score (nSPS) is 11.6. The van der Waals surface area contributed by atoms with Crippen LogP contribution in [0, 0.1) is 0 Å². The molecular weight excluding hydrogens is 1800 g/mol. The molecule has 146 heavy (non-hydrogen) atoms. The van der Waals surface area contributed by atoms with E-state index in [1.807, 2.05) is 164 Å². The summed E-state index contributed by atoms with van der Waals surface area (Å²) >= 11 is 0. The summed E-state index contributed by atoms with van der Waals surface area (Å²) in [5.74, 6) is 6.12. The highest BCUT2D eigenvalue weighted by Crippen LogP contribution is 2.41. The van der Waals surface area contributed by atoms with Gasteiger partial charge in [0, 0.05) is 178 Å². The first kappa shape index (κ1) is 84.6. The molecule has 0 aliphatic heterocycles. The maximum atomic E-state index is 4.98. The van der Waals surface area contributed by atoms with Crippen molar-refractivity contribution in [1.82, 2.24) is 120 Å². The van der Waals surface area contributed by atoms with Crippen LogP contribution in [-0.4, -0.2) is 120 Å². The Morgan fingerprint density at radius 3 is 1.00 bits per heavy atom. The second-order valence-corrected chi connectivity index (χ2v) is 35.3. The lowest BCUT2D eigenvalue weighted by Gasteiger charge is -2.11. The fourth-order valence-electron chi connectivity index (χ4n) is 19.5. The van der Waals surface area contributed by atoms with Gasteiger partial charge in [-0.1, -0.05) is 200 Å². The molecule has 29 rings (SSSR count). The maximum Gasteiger partial charge on any atom is 0.164 e. The van der Waals surface area contributed by atoms with Gasteiger partial charge in [0.1, 0.15) is 25.3 Å². The third-order valence-corrected chi connectivity index (χ3v) is 26.6. The molecule has 24 nitrogen and oxygen atoms in total. The second-order valence-electron chi connectivity index (χ2n) is 35.3. The zero-order valence-corrected chi connectivity index (χ0v) is 77.1. The van der Waals surface area contributed by atoms with Gasteiger partial charge in [-0.3, -0.25) is 39.9 Å². The van der Waals surface area contributed by atoms with E-state index in [0.717, 1.165) is 219 Å². The summed E-state index contributed by atoms with van der Waals surface area (Å²) in [5.41, 5.74) is 19.0. The molecule has 0 fully saturated rings. The Bertz CT molecular complexity index is 10200. The molecule has 15 aromatic carbocycles. The molecule has 0 saturated carbocycles. The SMILES string of the molecule is c1cc(-c2ccnc(-c3ccc4c(ccc5cc(-c6nccc(-c7ccc8cnccc8c7)n6)ccc54)c3)n2)c2cccnc2c1.c1ccc2ncc(-c3ncnc(-c4ccc5c(ccc6cc(-c7ncnc(-c8cnc9ccccc9c8)n7)ccc65)c4)n3)cc2c1.c1cnc2c(c1)cc(-c1ncnc(-c3ccc4c(ccc5ccc(-c6ncnc(-c7cc8cccnc8c8ncccc78)n6)cc54)c3)n1)c1cccnc12. The summed E-state index contributed by atoms with van der Waals surface area (Å²) < 4.78 is 0. The van der Waals surface area contributed by atoms with Crippen LogP contribution in [0.2, 0.25) is 0 Å². The van der Waals surface area contributed by atoms with Crippen LogP contribution in [0.4, 0.5) is 0 Å². The number of para-hydroxylation sites is 2. The van der Waals surface area contributed by atoms with E-state index in [2.05, 4.69) is 290 Å². The van der Waals surface area contributed by atoms with Crippen LogP contribution in [0.15, 0.2) is 427 Å². The third-order valence-electron chi connectivity index (χ3n) is 26.6. The fraction of sp³-hybridized carbons (Fsp3) is 0. The predicted molar refractivity (Wildman–Crippen MR) is 577 cm³/mol. The van der Waals surface area contributed by atoms with E-state index < -0.39 is 0 Å². The average molecular weight is 1870 g/mol. The largest absolute Gasteiger partial charge is 0.264 e. The number of benzene rings is 15. The molecule has 24 heteroatoms. The Hall–Kier alpha value is -20.7. The van der Waals surface area contributed by atoms with E-state index in [-0.39, 0.29) is 0 Å². The number of hydrogen-bond acceptors (Lipinski definition) is 24. The summed E-state index contributed by atoms with van der Waals surface area (Å²) in [5, 5.41) is 22.7. The number of rotatable bonds is 12. The van der Waals surface area contributed by atoms with Crippen molar-refractivity contribution in [3.05, 3.63) is 427 Å². The zero-order chi connectivity index (χ0) is 96.5. The van der Waals surface area contributed by atoms with Crippen LogP contribution < -0.4 is 0 Å². The van der Waals surface area contributed by atoms with E-state index in [9.17, 15) is 0 Å². The molecule has 0 amide bonds. The molecule has 0 atom stereocenters. The van der Waals surface area contributed by atoms with Crippen LogP contribution in [0.3, 0.4) is 0 Å². The van der Waals surface area contributed by atoms with Crippen LogP contribution in [0.25, 0.3) is 288 Å². The van der Waals surface area contributed by atoms with Crippen LogP contribution in [-0.2, 0) is 0 Å². The highest BCUT2D eigenvalue weighted by Gasteiger charge is 2.22. The van der Waals surface area contributed by atoms with E-state index in [1.165, 1.54) is 10.8 Å². The second kappa shape index (κ2) is 36.0. The molecule has 0 saturated heterocycles. The summed E-state index contributed by atoms with van der Waals surface area (Å²) in [7, 11) is 0. The topological polar surface area (TPSA) is 309 Å². The van der Waals surface area contributed by atoms with Crippen molar-refractivity contribution in [1.29, 1.82) is 0 Å². The highest BCUT2D eigenvalue weighted by atomic mass is 15.0. The van der Waals surface area contributed by atoms with Crippen molar-refractivity contribution in [3.63, 3.8) is 0 Å². The molecular formula is C122H70N24. The lowest BCUT2D eigenvalue weighted by atomic mass is 9.98. The van der Waals surface area contributed by atoms with Crippen molar-refractivity contribution in [2.45, 2.75) is 0 Å². The van der Waals surface area contributed by atoms with Crippen molar-refractivity contribution in [3.8, 4) is 136 Å². The van der Waals surface area contributed by atoms with Gasteiger partial charge in [0.2, 0.25) is 0 Å². The summed E-state index contributed by atoms with van der Waals surface area (Å²) in [4.78, 5) is 111. The number of hydrogen-bond donors (Lipinski definition) is 0. The minimum Gasteiger partial charge on any atom is -0.264 e. The van der Waals surface area contributed by atoms with Crippen LogP contribution >= 0.6 is 0 Å². The van der Waals surface area contributed by atoms with Gasteiger partial charge in [-0.15, -0.1) is 0 Å². The molecule has 0 aliphatic rings. The molecule has 0 spiro atoms. The standard InChI is InChI=1S/C44H24N10.C40H24N6.C38H22N8/c1-5-27-20-35(32-7-3-17-47-39(32)37(27)45-15-1)43-51-23-49-41(53-43)29-13-14-31-26(19-29)11-9-25-10-12-30(22-34(25)31)42-50-24-52-44(54-42)36-21-28-6-2-16-46-38(28)40-33(36)8-4-18-48-40;1-3-35(34-4-2-17-42-37(34)5-1)38-16-20-44-40(46-38)30-11-13-33-27(23-30)7-6-26-22-29(10-12-32(26)33)39-43-19-15-36(45-39)28-8-9-31-24-41-18-14-25(31)21-28;1-3-7-33-25(5-1)17-29(19-39-33)37-43-21-41-35(45-37)27-11-13-31-23(15-27)9-10-24-16-28(12-14-32(24)31)36-42-22-44-38(46-36)30-18-26-6-2-4-8-34(26)40-20-30/h1-24H;1-24H;1-22H. The Morgan fingerprint density at radius 2 is 0.493 bits per heavy atom. The molecule has 29 aromatic rings. The summed E-state index contributed by atoms with van der Waals surface area (Å²) in [6.45, 7) is 0. The van der Waals surface area contributed by atoms with Gasteiger partial charge >= 0.3 is 0 Å². The molecule has 0 radical (unpaired) electrons. The first-order valence-corrected chi connectivity index (χ1v) is 47.3. The fourth-order valence-corrected chi connectivity index (χ4v) is 19.5. The first-order valence-electron chi connectivity index (χ1n) is 47.3. The maximum absolute atomic E-state index is 4.98. The van der Waals surface area contributed by atoms with Gasteiger partial charge < -0.3 is 0 Å². The van der Waals surface area contributed by atoms with E-state index in [0.29, 0.717) is 58.2 Å². The van der Waals surface area contributed by atoms with Gasteiger partial charge in [-0.05, 0) is 203 Å². The van der Waals surface area contributed by atoms with Gasteiger partial charge in [-0.2, -0.15) is 0 Å². The zero-order valence-electron chi connectivity index (χ0n) is 77.1. The van der Waals surface area contributed by atoms with Crippen molar-refractivity contribution >= 4 is 152 Å². The van der Waals surface area contributed by atoms with Crippen LogP contribution in [0.5, 0.6) is 0 Å².